The SMILES string of the molecule is CC#N.CN1CCC2(CC1)CCN(C#N)C2. The maximum atomic E-state index is 8.80. The van der Waals surface area contributed by atoms with Crippen LogP contribution < -0.4 is 0 Å². The minimum absolute atomic E-state index is 0.488. The summed E-state index contributed by atoms with van der Waals surface area (Å²) in [5, 5.41) is 16.1. The van der Waals surface area contributed by atoms with Gasteiger partial charge in [-0.3, -0.25) is 0 Å². The summed E-state index contributed by atoms with van der Waals surface area (Å²) < 4.78 is 0. The lowest BCUT2D eigenvalue weighted by atomic mass is 9.78. The number of piperidine rings is 1. The average Bonchev–Trinajstić information content (AvgIpc) is 2.68. The number of nitriles is 2. The predicted octanol–water partition coefficient (Wildman–Crippen LogP) is 1.42. The summed E-state index contributed by atoms with van der Waals surface area (Å²) in [5.74, 6) is 0. The normalized spacial score (nSPS) is 23.1. The molecule has 2 fully saturated rings. The molecule has 2 heterocycles. The Balaban J connectivity index is 0.000000386. The van der Waals surface area contributed by atoms with Crippen LogP contribution in [0.3, 0.4) is 0 Å². The molecular weight excluding hydrogens is 200 g/mol. The van der Waals surface area contributed by atoms with E-state index >= 15 is 0 Å². The van der Waals surface area contributed by atoms with Crippen molar-refractivity contribution in [2.24, 2.45) is 5.41 Å². The molecule has 0 unspecified atom stereocenters. The van der Waals surface area contributed by atoms with E-state index in [0.29, 0.717) is 5.41 Å². The molecule has 88 valence electrons. The van der Waals surface area contributed by atoms with Gasteiger partial charge in [-0.25, -0.2) is 0 Å². The van der Waals surface area contributed by atoms with E-state index in [1.165, 1.54) is 39.3 Å². The highest BCUT2D eigenvalue weighted by Gasteiger charge is 2.39. The lowest BCUT2D eigenvalue weighted by Gasteiger charge is -2.37. The van der Waals surface area contributed by atoms with Crippen LogP contribution in [-0.4, -0.2) is 43.0 Å². The van der Waals surface area contributed by atoms with Crippen LogP contribution >= 0.6 is 0 Å². The molecule has 0 aromatic carbocycles. The molecule has 1 spiro atoms. The maximum Gasteiger partial charge on any atom is 0.179 e. The summed E-state index contributed by atoms with van der Waals surface area (Å²) in [6.45, 7) is 5.84. The van der Waals surface area contributed by atoms with E-state index in [9.17, 15) is 0 Å². The Hall–Kier alpha value is -1.26. The van der Waals surface area contributed by atoms with Gasteiger partial charge in [-0.2, -0.15) is 10.5 Å². The molecule has 0 amide bonds. The molecule has 2 aliphatic rings. The zero-order chi connectivity index (χ0) is 12.0. The van der Waals surface area contributed by atoms with Crippen molar-refractivity contribution in [2.45, 2.75) is 26.2 Å². The molecule has 0 N–H and O–H groups in total. The number of hydrogen-bond acceptors (Lipinski definition) is 4. The maximum absolute atomic E-state index is 8.80. The first-order valence-corrected chi connectivity index (χ1v) is 5.80. The first-order valence-electron chi connectivity index (χ1n) is 5.80. The van der Waals surface area contributed by atoms with E-state index in [-0.39, 0.29) is 0 Å². The van der Waals surface area contributed by atoms with Crippen molar-refractivity contribution in [2.75, 3.05) is 33.2 Å². The fourth-order valence-electron chi connectivity index (χ4n) is 2.52. The third-order valence-electron chi connectivity index (χ3n) is 3.63. The number of nitrogens with zero attached hydrogens (tertiary/aromatic N) is 4. The molecule has 16 heavy (non-hydrogen) atoms. The Labute approximate surface area is 98.1 Å². The van der Waals surface area contributed by atoms with Gasteiger partial charge >= 0.3 is 0 Å². The topological polar surface area (TPSA) is 54.1 Å². The molecule has 0 aromatic heterocycles. The molecule has 0 atom stereocenters. The zero-order valence-electron chi connectivity index (χ0n) is 10.2. The van der Waals surface area contributed by atoms with Gasteiger partial charge in [0, 0.05) is 20.0 Å². The molecule has 2 aliphatic heterocycles. The monoisotopic (exact) mass is 220 g/mol. The van der Waals surface area contributed by atoms with E-state index in [1.54, 1.807) is 6.07 Å². The standard InChI is InChI=1S/C10H17N3.C2H3N/c1-12-5-2-10(3-6-12)4-7-13(8-10)9-11;1-2-3/h2-8H2,1H3;1H3. The first kappa shape index (κ1) is 12.8. The molecule has 2 rings (SSSR count). The Bertz CT molecular complexity index is 291. The second kappa shape index (κ2) is 5.72. The largest absolute Gasteiger partial charge is 0.310 e. The molecule has 0 aromatic rings. The van der Waals surface area contributed by atoms with Gasteiger partial charge in [-0.15, -0.1) is 0 Å². The number of likely N-dealkylation sites (tertiary alicyclic amines) is 2. The van der Waals surface area contributed by atoms with Crippen LogP contribution in [0.4, 0.5) is 0 Å². The molecule has 2 saturated heterocycles. The Morgan fingerprint density at radius 1 is 1.06 bits per heavy atom. The minimum Gasteiger partial charge on any atom is -0.310 e. The highest BCUT2D eigenvalue weighted by atomic mass is 15.2. The quantitative estimate of drug-likeness (QED) is 0.579. The van der Waals surface area contributed by atoms with E-state index in [4.69, 9.17) is 10.5 Å². The van der Waals surface area contributed by atoms with Gasteiger partial charge in [0.15, 0.2) is 6.19 Å². The van der Waals surface area contributed by atoms with Crippen molar-refractivity contribution in [3.05, 3.63) is 0 Å². The van der Waals surface area contributed by atoms with Crippen LogP contribution in [0.2, 0.25) is 0 Å². The van der Waals surface area contributed by atoms with Gasteiger partial charge in [0.05, 0.1) is 6.07 Å². The molecule has 4 heteroatoms. The van der Waals surface area contributed by atoms with E-state index in [0.717, 1.165) is 13.1 Å². The van der Waals surface area contributed by atoms with Crippen molar-refractivity contribution >= 4 is 0 Å². The fourth-order valence-corrected chi connectivity index (χ4v) is 2.52. The van der Waals surface area contributed by atoms with E-state index in [1.807, 2.05) is 4.90 Å². The minimum atomic E-state index is 0.488. The molecule has 0 aliphatic carbocycles. The van der Waals surface area contributed by atoms with Gasteiger partial charge in [0.2, 0.25) is 0 Å². The summed E-state index contributed by atoms with van der Waals surface area (Å²) in [6, 6.07) is 1.75. The van der Waals surface area contributed by atoms with Crippen LogP contribution in [0, 0.1) is 28.2 Å². The third kappa shape index (κ3) is 3.12. The van der Waals surface area contributed by atoms with Crippen molar-refractivity contribution in [1.82, 2.24) is 9.80 Å². The highest BCUT2D eigenvalue weighted by Crippen LogP contribution is 2.39. The molecule has 0 radical (unpaired) electrons. The average molecular weight is 220 g/mol. The van der Waals surface area contributed by atoms with Gasteiger partial charge < -0.3 is 9.80 Å². The predicted molar refractivity (Wildman–Crippen MR) is 62.3 cm³/mol. The molecular formula is C12H20N4. The second-order valence-corrected chi connectivity index (χ2v) is 4.80. The fraction of sp³-hybridized carbons (Fsp3) is 0.833. The first-order chi connectivity index (χ1) is 7.65. The van der Waals surface area contributed by atoms with Crippen molar-refractivity contribution in [3.8, 4) is 12.3 Å². The van der Waals surface area contributed by atoms with Crippen LogP contribution in [0.15, 0.2) is 0 Å². The third-order valence-corrected chi connectivity index (χ3v) is 3.63. The van der Waals surface area contributed by atoms with Crippen molar-refractivity contribution in [3.63, 3.8) is 0 Å². The van der Waals surface area contributed by atoms with Gasteiger partial charge in [0.1, 0.15) is 0 Å². The summed E-state index contributed by atoms with van der Waals surface area (Å²) in [7, 11) is 2.18. The number of rotatable bonds is 0. The van der Waals surface area contributed by atoms with Crippen LogP contribution in [0.25, 0.3) is 0 Å². The van der Waals surface area contributed by atoms with Crippen LogP contribution in [-0.2, 0) is 0 Å². The Kier molecular flexibility index (Phi) is 4.58. The number of hydrogen-bond donors (Lipinski definition) is 0. The van der Waals surface area contributed by atoms with Gasteiger partial charge in [0.25, 0.3) is 0 Å². The van der Waals surface area contributed by atoms with E-state index < -0.39 is 0 Å². The summed E-state index contributed by atoms with van der Waals surface area (Å²) in [6.07, 6.45) is 6.06. The Morgan fingerprint density at radius 3 is 2.00 bits per heavy atom. The summed E-state index contributed by atoms with van der Waals surface area (Å²) in [5.41, 5.74) is 0.488. The smallest absolute Gasteiger partial charge is 0.179 e. The molecule has 4 nitrogen and oxygen atoms in total. The molecule has 0 saturated carbocycles. The lowest BCUT2D eigenvalue weighted by molar-refractivity contribution is 0.133. The van der Waals surface area contributed by atoms with Crippen LogP contribution in [0.5, 0.6) is 0 Å². The van der Waals surface area contributed by atoms with Crippen molar-refractivity contribution < 1.29 is 0 Å². The Morgan fingerprint density at radius 2 is 1.56 bits per heavy atom. The summed E-state index contributed by atoms with van der Waals surface area (Å²) in [4.78, 5) is 4.31. The lowest BCUT2D eigenvalue weighted by Crippen LogP contribution is -2.39. The summed E-state index contributed by atoms with van der Waals surface area (Å²) >= 11 is 0. The van der Waals surface area contributed by atoms with Crippen LogP contribution in [0.1, 0.15) is 26.2 Å². The second-order valence-electron chi connectivity index (χ2n) is 4.80. The van der Waals surface area contributed by atoms with Gasteiger partial charge in [-0.05, 0) is 44.8 Å². The van der Waals surface area contributed by atoms with Crippen molar-refractivity contribution in [1.29, 1.82) is 10.5 Å². The zero-order valence-corrected chi connectivity index (χ0v) is 10.2. The van der Waals surface area contributed by atoms with E-state index in [2.05, 4.69) is 18.1 Å². The molecule has 0 bridgehead atoms. The van der Waals surface area contributed by atoms with Gasteiger partial charge in [-0.1, -0.05) is 0 Å². The highest BCUT2D eigenvalue weighted by molar-refractivity contribution is 4.96.